The van der Waals surface area contributed by atoms with E-state index < -0.39 is 5.91 Å². The number of terminal acetylenes is 1. The number of hydrogen-bond donors (Lipinski definition) is 2. The summed E-state index contributed by atoms with van der Waals surface area (Å²) in [6.07, 6.45) is 12.3. The Labute approximate surface area is 158 Å². The van der Waals surface area contributed by atoms with E-state index in [0.29, 0.717) is 5.69 Å². The molecule has 3 aromatic rings. The lowest BCUT2D eigenvalue weighted by molar-refractivity contribution is -0.111. The maximum absolute atomic E-state index is 11.3. The predicted molar refractivity (Wildman–Crippen MR) is 109 cm³/mol. The van der Waals surface area contributed by atoms with Gasteiger partial charge in [-0.25, -0.2) is 4.98 Å². The molecule has 0 saturated heterocycles. The molecule has 26 heavy (non-hydrogen) atoms. The molecule has 0 unspecified atom stereocenters. The van der Waals surface area contributed by atoms with Crippen molar-refractivity contribution in [2.75, 3.05) is 5.32 Å². The van der Waals surface area contributed by atoms with E-state index in [-0.39, 0.29) is 0 Å². The molecule has 0 aliphatic carbocycles. The van der Waals surface area contributed by atoms with Crippen LogP contribution in [0.25, 0.3) is 11.0 Å². The number of hydrogen-bond acceptors (Lipinski definition) is 3. The van der Waals surface area contributed by atoms with E-state index in [9.17, 15) is 4.79 Å². The number of aromatic amines is 1. The standard InChI is InChI=1S/C21H19N3OS/c1-2-20(25)24-17-5-3-4-15(14-17)6-8-18(26)9-7-16-10-12-22-21-19(16)11-13-23-21/h1,3-5,10-14H,6-9H2,(H,22,23)(H,24,25). The van der Waals surface area contributed by atoms with Gasteiger partial charge in [0.05, 0.1) is 0 Å². The lowest BCUT2D eigenvalue weighted by Gasteiger charge is -2.07. The van der Waals surface area contributed by atoms with Gasteiger partial charge in [-0.15, -0.1) is 6.42 Å². The van der Waals surface area contributed by atoms with Crippen LogP contribution in [0.15, 0.2) is 48.8 Å². The van der Waals surface area contributed by atoms with E-state index in [4.69, 9.17) is 18.6 Å². The summed E-state index contributed by atoms with van der Waals surface area (Å²) >= 11 is 5.56. The number of carbonyl (C=O) groups is 1. The molecule has 0 saturated carbocycles. The first kappa shape index (κ1) is 17.8. The van der Waals surface area contributed by atoms with Gasteiger partial charge >= 0.3 is 0 Å². The summed E-state index contributed by atoms with van der Waals surface area (Å²) in [5.74, 6) is 1.61. The Morgan fingerprint density at radius 2 is 2.08 bits per heavy atom. The first-order valence-electron chi connectivity index (χ1n) is 8.45. The number of pyridine rings is 1. The zero-order chi connectivity index (χ0) is 18.4. The van der Waals surface area contributed by atoms with Gasteiger partial charge in [0.2, 0.25) is 0 Å². The van der Waals surface area contributed by atoms with E-state index in [1.165, 1.54) is 5.56 Å². The van der Waals surface area contributed by atoms with Crippen molar-refractivity contribution >= 4 is 39.7 Å². The highest BCUT2D eigenvalue weighted by atomic mass is 32.1. The van der Waals surface area contributed by atoms with Crippen molar-refractivity contribution in [3.05, 3.63) is 59.9 Å². The maximum atomic E-state index is 11.3. The van der Waals surface area contributed by atoms with Crippen LogP contribution in [0.4, 0.5) is 5.69 Å². The topological polar surface area (TPSA) is 57.8 Å². The summed E-state index contributed by atoms with van der Waals surface area (Å²) in [6.45, 7) is 0. The molecular formula is C21H19N3OS. The highest BCUT2D eigenvalue weighted by Gasteiger charge is 2.06. The minimum atomic E-state index is -0.439. The average Bonchev–Trinajstić information content (AvgIpc) is 3.14. The van der Waals surface area contributed by atoms with Gasteiger partial charge in [0.15, 0.2) is 0 Å². The smallest absolute Gasteiger partial charge is 0.300 e. The fraction of sp³-hybridized carbons (Fsp3) is 0.190. The molecule has 0 aliphatic heterocycles. The SMILES string of the molecule is C#CC(=O)Nc1cccc(CCC(=S)CCc2ccnc3[nH]ccc23)c1. The predicted octanol–water partition coefficient (Wildman–Crippen LogP) is 4.07. The van der Waals surface area contributed by atoms with Gasteiger partial charge in [0.1, 0.15) is 5.65 Å². The van der Waals surface area contributed by atoms with Crippen molar-refractivity contribution < 1.29 is 4.79 Å². The third-order valence-corrected chi connectivity index (χ3v) is 4.64. The molecule has 0 fully saturated rings. The van der Waals surface area contributed by atoms with Crippen molar-refractivity contribution in [3.8, 4) is 12.3 Å². The zero-order valence-corrected chi connectivity index (χ0v) is 15.1. The fourth-order valence-electron chi connectivity index (χ4n) is 2.89. The Kier molecular flexibility index (Phi) is 5.77. The van der Waals surface area contributed by atoms with Crippen molar-refractivity contribution in [2.24, 2.45) is 0 Å². The summed E-state index contributed by atoms with van der Waals surface area (Å²) in [5, 5.41) is 3.82. The monoisotopic (exact) mass is 361 g/mol. The number of nitrogens with one attached hydrogen (secondary N) is 2. The van der Waals surface area contributed by atoms with E-state index in [1.807, 2.05) is 42.6 Å². The molecule has 4 nitrogen and oxygen atoms in total. The third kappa shape index (κ3) is 4.56. The van der Waals surface area contributed by atoms with E-state index >= 15 is 0 Å². The minimum absolute atomic E-state index is 0.439. The number of benzene rings is 1. The molecule has 0 aliphatic rings. The van der Waals surface area contributed by atoms with Gasteiger partial charge in [-0.3, -0.25) is 4.79 Å². The molecule has 0 bridgehead atoms. The molecule has 2 aromatic heterocycles. The van der Waals surface area contributed by atoms with Crippen LogP contribution in [0.2, 0.25) is 0 Å². The van der Waals surface area contributed by atoms with Gasteiger partial charge in [-0.2, -0.15) is 0 Å². The normalized spacial score (nSPS) is 10.4. The number of thiocarbonyl (C=S) groups is 1. The number of amides is 1. The first-order chi connectivity index (χ1) is 12.7. The molecule has 2 heterocycles. The number of rotatable bonds is 7. The highest BCUT2D eigenvalue weighted by Crippen LogP contribution is 2.18. The van der Waals surface area contributed by atoms with Crippen molar-refractivity contribution in [1.29, 1.82) is 0 Å². The number of carbonyl (C=O) groups excluding carboxylic acids is 1. The Balaban J connectivity index is 1.53. The summed E-state index contributed by atoms with van der Waals surface area (Å²) in [4.78, 5) is 19.8. The molecule has 0 atom stereocenters. The van der Waals surface area contributed by atoms with E-state index in [2.05, 4.69) is 27.4 Å². The molecule has 5 heteroatoms. The van der Waals surface area contributed by atoms with Crippen LogP contribution in [-0.4, -0.2) is 20.7 Å². The summed E-state index contributed by atoms with van der Waals surface area (Å²) in [6, 6.07) is 11.8. The number of aromatic nitrogens is 2. The molecule has 1 amide bonds. The minimum Gasteiger partial charge on any atom is -0.346 e. The molecule has 2 N–H and O–H groups in total. The van der Waals surface area contributed by atoms with Gasteiger partial charge < -0.3 is 10.3 Å². The molecular weight excluding hydrogens is 342 g/mol. The molecule has 0 spiro atoms. The van der Waals surface area contributed by atoms with Crippen LogP contribution in [0, 0.1) is 12.3 Å². The molecule has 130 valence electrons. The molecule has 1 aromatic carbocycles. The second-order valence-corrected chi connectivity index (χ2v) is 6.62. The summed E-state index contributed by atoms with van der Waals surface area (Å²) in [5.41, 5.74) is 4.01. The maximum Gasteiger partial charge on any atom is 0.300 e. The van der Waals surface area contributed by atoms with Crippen LogP contribution in [-0.2, 0) is 17.6 Å². The fourth-order valence-corrected chi connectivity index (χ4v) is 3.09. The lowest BCUT2D eigenvalue weighted by Crippen LogP contribution is -2.08. The van der Waals surface area contributed by atoms with Crippen LogP contribution in [0.3, 0.4) is 0 Å². The number of H-pyrrole nitrogens is 1. The highest BCUT2D eigenvalue weighted by molar-refractivity contribution is 7.80. The summed E-state index contributed by atoms with van der Waals surface area (Å²) in [7, 11) is 0. The van der Waals surface area contributed by atoms with Crippen molar-refractivity contribution in [1.82, 2.24) is 9.97 Å². The second-order valence-electron chi connectivity index (χ2n) is 6.05. The van der Waals surface area contributed by atoms with Gasteiger partial charge in [-0.1, -0.05) is 24.4 Å². The first-order valence-corrected chi connectivity index (χ1v) is 8.86. The molecule has 0 radical (unpaired) electrons. The van der Waals surface area contributed by atoms with Gasteiger partial charge in [0.25, 0.3) is 5.91 Å². The number of anilines is 1. The summed E-state index contributed by atoms with van der Waals surface area (Å²) < 4.78 is 0. The van der Waals surface area contributed by atoms with E-state index in [1.54, 1.807) is 0 Å². The average molecular weight is 361 g/mol. The van der Waals surface area contributed by atoms with Gasteiger partial charge in [0, 0.05) is 23.5 Å². The van der Waals surface area contributed by atoms with Gasteiger partial charge in [-0.05, 0) is 71.9 Å². The Bertz CT molecular complexity index is 984. The van der Waals surface area contributed by atoms with Crippen molar-refractivity contribution in [2.45, 2.75) is 25.7 Å². The second kappa shape index (κ2) is 8.41. The number of aryl methyl sites for hydroxylation is 2. The Hall–Kier alpha value is -2.97. The van der Waals surface area contributed by atoms with Crippen LogP contribution < -0.4 is 5.32 Å². The molecule has 3 rings (SSSR count). The van der Waals surface area contributed by atoms with Crippen molar-refractivity contribution in [3.63, 3.8) is 0 Å². The van der Waals surface area contributed by atoms with E-state index in [0.717, 1.165) is 47.1 Å². The Morgan fingerprint density at radius 1 is 1.23 bits per heavy atom. The van der Waals surface area contributed by atoms with Crippen LogP contribution in [0.5, 0.6) is 0 Å². The zero-order valence-electron chi connectivity index (χ0n) is 14.3. The number of fused-ring (bicyclic) bond motifs is 1. The Morgan fingerprint density at radius 3 is 2.92 bits per heavy atom. The quantitative estimate of drug-likeness (QED) is 0.493. The largest absolute Gasteiger partial charge is 0.346 e. The number of nitrogens with zero attached hydrogens (tertiary/aromatic N) is 1. The van der Waals surface area contributed by atoms with Crippen LogP contribution in [0.1, 0.15) is 24.0 Å². The van der Waals surface area contributed by atoms with Crippen LogP contribution >= 0.6 is 12.2 Å². The lowest BCUT2D eigenvalue weighted by atomic mass is 10.0. The third-order valence-electron chi connectivity index (χ3n) is 4.23.